The molecule has 3 aromatic rings. The molecule has 1 fully saturated rings. The van der Waals surface area contributed by atoms with E-state index in [1.54, 1.807) is 29.2 Å². The highest BCUT2D eigenvalue weighted by atomic mass is 35.5. The quantitative estimate of drug-likeness (QED) is 0.370. The highest BCUT2D eigenvalue weighted by molar-refractivity contribution is 6.36. The summed E-state index contributed by atoms with van der Waals surface area (Å²) in [5.74, 6) is 0.266. The minimum absolute atomic E-state index is 0.0960. The van der Waals surface area contributed by atoms with Gasteiger partial charge in [0, 0.05) is 28.2 Å². The van der Waals surface area contributed by atoms with Crippen molar-refractivity contribution in [1.82, 2.24) is 19.9 Å². The van der Waals surface area contributed by atoms with E-state index in [0.29, 0.717) is 40.3 Å². The Labute approximate surface area is 218 Å². The van der Waals surface area contributed by atoms with Gasteiger partial charge in [-0.05, 0) is 63.4 Å². The summed E-state index contributed by atoms with van der Waals surface area (Å²) in [6.07, 6.45) is 2.48. The Bertz CT molecular complexity index is 1230. The zero-order valence-corrected chi connectivity index (χ0v) is 21.6. The molecule has 2 amide bonds. The Kier molecular flexibility index (Phi) is 7.99. The van der Waals surface area contributed by atoms with Crippen LogP contribution >= 0.6 is 34.8 Å². The van der Waals surface area contributed by atoms with Gasteiger partial charge in [0.05, 0.1) is 10.6 Å². The molecule has 184 valence electrons. The van der Waals surface area contributed by atoms with Gasteiger partial charge < -0.3 is 14.3 Å². The minimum atomic E-state index is -0.361. The standard InChI is InChI=1S/C25H25Cl3N4O3/c1-15(2)32(25(34)19-10-9-18(27)13-20(19)28)14-22(33)31-11-4-3-8-21(31)24-29-23(30-35-24)16-6-5-7-17(26)12-16/h5-7,9-10,12-13,15,21H,3-4,8,11,14H2,1-2H3. The van der Waals surface area contributed by atoms with Gasteiger partial charge in [-0.25, -0.2) is 0 Å². The van der Waals surface area contributed by atoms with E-state index in [0.717, 1.165) is 18.4 Å². The average Bonchev–Trinajstić information content (AvgIpc) is 3.32. The molecular weight excluding hydrogens is 511 g/mol. The number of likely N-dealkylation sites (tertiary alicyclic amines) is 1. The Morgan fingerprint density at radius 1 is 1.11 bits per heavy atom. The molecule has 0 aliphatic carbocycles. The number of hydrogen-bond donors (Lipinski definition) is 0. The van der Waals surface area contributed by atoms with E-state index in [9.17, 15) is 9.59 Å². The summed E-state index contributed by atoms with van der Waals surface area (Å²) in [7, 11) is 0. The van der Waals surface area contributed by atoms with Crippen LogP contribution in [0.25, 0.3) is 11.4 Å². The van der Waals surface area contributed by atoms with Crippen LogP contribution in [0, 0.1) is 0 Å². The molecule has 4 rings (SSSR count). The molecular formula is C25H25Cl3N4O3. The van der Waals surface area contributed by atoms with Gasteiger partial charge in [0.1, 0.15) is 12.6 Å². The lowest BCUT2D eigenvalue weighted by molar-refractivity contribution is -0.136. The number of aromatic nitrogens is 2. The summed E-state index contributed by atoms with van der Waals surface area (Å²) < 4.78 is 5.57. The van der Waals surface area contributed by atoms with Crippen LogP contribution in [-0.2, 0) is 4.79 Å². The molecule has 0 spiro atoms. The van der Waals surface area contributed by atoms with Gasteiger partial charge in [0.15, 0.2) is 0 Å². The van der Waals surface area contributed by atoms with E-state index >= 15 is 0 Å². The third kappa shape index (κ3) is 5.80. The predicted octanol–water partition coefficient (Wildman–Crippen LogP) is 6.30. The number of hydrogen-bond acceptors (Lipinski definition) is 5. The number of carbonyl (C=O) groups is 2. The second-order valence-electron chi connectivity index (χ2n) is 8.72. The summed E-state index contributed by atoms with van der Waals surface area (Å²) in [5.41, 5.74) is 1.04. The fourth-order valence-electron chi connectivity index (χ4n) is 4.15. The van der Waals surface area contributed by atoms with Crippen LogP contribution in [0.1, 0.15) is 55.4 Å². The van der Waals surface area contributed by atoms with Gasteiger partial charge >= 0.3 is 0 Å². The van der Waals surface area contributed by atoms with Crippen LogP contribution in [0.3, 0.4) is 0 Å². The molecule has 0 N–H and O–H groups in total. The van der Waals surface area contributed by atoms with Gasteiger partial charge in [-0.1, -0.05) is 52.1 Å². The zero-order valence-electron chi connectivity index (χ0n) is 19.4. The second-order valence-corrected chi connectivity index (χ2v) is 10.00. The molecule has 1 aliphatic rings. The second kappa shape index (κ2) is 11.0. The molecule has 0 radical (unpaired) electrons. The molecule has 1 saturated heterocycles. The molecule has 1 atom stereocenters. The maximum absolute atomic E-state index is 13.5. The molecule has 35 heavy (non-hydrogen) atoms. The lowest BCUT2D eigenvalue weighted by Gasteiger charge is -2.36. The van der Waals surface area contributed by atoms with E-state index in [2.05, 4.69) is 10.1 Å². The SMILES string of the molecule is CC(C)N(CC(=O)N1CCCCC1c1nc(-c2cccc(Cl)c2)no1)C(=O)c1ccc(Cl)cc1Cl. The monoisotopic (exact) mass is 534 g/mol. The van der Waals surface area contributed by atoms with E-state index in [1.165, 1.54) is 11.0 Å². The summed E-state index contributed by atoms with van der Waals surface area (Å²) >= 11 is 18.3. The van der Waals surface area contributed by atoms with Crippen LogP contribution in [0.2, 0.25) is 15.1 Å². The van der Waals surface area contributed by atoms with Gasteiger partial charge in [0.25, 0.3) is 5.91 Å². The Hall–Kier alpha value is -2.61. The first kappa shape index (κ1) is 25.5. The van der Waals surface area contributed by atoms with E-state index < -0.39 is 0 Å². The van der Waals surface area contributed by atoms with Crippen LogP contribution in [-0.4, -0.2) is 50.9 Å². The molecule has 0 saturated carbocycles. The van der Waals surface area contributed by atoms with E-state index in [1.807, 2.05) is 26.0 Å². The average molecular weight is 536 g/mol. The smallest absolute Gasteiger partial charge is 0.256 e. The van der Waals surface area contributed by atoms with Gasteiger partial charge in [-0.2, -0.15) is 4.98 Å². The molecule has 0 bridgehead atoms. The maximum Gasteiger partial charge on any atom is 0.256 e. The van der Waals surface area contributed by atoms with Crippen molar-refractivity contribution in [2.45, 2.75) is 45.2 Å². The minimum Gasteiger partial charge on any atom is -0.337 e. The lowest BCUT2D eigenvalue weighted by atomic mass is 10.0. The first-order chi connectivity index (χ1) is 16.7. The largest absolute Gasteiger partial charge is 0.337 e. The van der Waals surface area contributed by atoms with Crippen molar-refractivity contribution in [2.24, 2.45) is 0 Å². The number of piperidine rings is 1. The van der Waals surface area contributed by atoms with Crippen molar-refractivity contribution < 1.29 is 14.1 Å². The first-order valence-electron chi connectivity index (χ1n) is 11.4. The van der Waals surface area contributed by atoms with Crippen molar-refractivity contribution >= 4 is 46.6 Å². The number of amides is 2. The molecule has 1 unspecified atom stereocenters. The van der Waals surface area contributed by atoms with Gasteiger partial charge in [0.2, 0.25) is 17.6 Å². The van der Waals surface area contributed by atoms with Crippen molar-refractivity contribution in [2.75, 3.05) is 13.1 Å². The highest BCUT2D eigenvalue weighted by Gasteiger charge is 2.34. The number of halogens is 3. The van der Waals surface area contributed by atoms with Crippen molar-refractivity contribution in [3.8, 4) is 11.4 Å². The Balaban J connectivity index is 1.54. The molecule has 10 heteroatoms. The summed E-state index contributed by atoms with van der Waals surface area (Å²) in [5, 5.41) is 5.35. The maximum atomic E-state index is 13.5. The normalized spacial score (nSPS) is 15.9. The molecule has 7 nitrogen and oxygen atoms in total. The number of benzene rings is 2. The summed E-state index contributed by atoms with van der Waals surface area (Å²) in [6, 6.07) is 11.3. The molecule has 2 heterocycles. The van der Waals surface area contributed by atoms with Crippen molar-refractivity contribution in [3.05, 3.63) is 69.0 Å². The summed E-state index contributed by atoms with van der Waals surface area (Å²) in [6.45, 7) is 4.16. The van der Waals surface area contributed by atoms with Crippen LogP contribution < -0.4 is 0 Å². The topological polar surface area (TPSA) is 79.5 Å². The van der Waals surface area contributed by atoms with Crippen LogP contribution in [0.4, 0.5) is 0 Å². The number of carbonyl (C=O) groups excluding carboxylic acids is 2. The predicted molar refractivity (Wildman–Crippen MR) is 136 cm³/mol. The number of rotatable bonds is 6. The summed E-state index contributed by atoms with van der Waals surface area (Å²) in [4.78, 5) is 34.5. The van der Waals surface area contributed by atoms with Gasteiger partial charge in [-0.3, -0.25) is 9.59 Å². The van der Waals surface area contributed by atoms with E-state index in [-0.39, 0.29) is 35.5 Å². The lowest BCUT2D eigenvalue weighted by Crippen LogP contribution is -2.48. The van der Waals surface area contributed by atoms with E-state index in [4.69, 9.17) is 39.3 Å². The molecule has 1 aliphatic heterocycles. The van der Waals surface area contributed by atoms with Crippen molar-refractivity contribution in [1.29, 1.82) is 0 Å². The number of nitrogens with zero attached hydrogens (tertiary/aromatic N) is 4. The Morgan fingerprint density at radius 2 is 1.89 bits per heavy atom. The third-order valence-corrected chi connectivity index (χ3v) is 6.77. The first-order valence-corrected chi connectivity index (χ1v) is 12.5. The van der Waals surface area contributed by atoms with Crippen molar-refractivity contribution in [3.63, 3.8) is 0 Å². The highest BCUT2D eigenvalue weighted by Crippen LogP contribution is 2.32. The zero-order chi connectivity index (χ0) is 25.1. The van der Waals surface area contributed by atoms with Crippen LogP contribution in [0.15, 0.2) is 47.0 Å². The Morgan fingerprint density at radius 3 is 2.60 bits per heavy atom. The molecule has 1 aromatic heterocycles. The molecule has 2 aromatic carbocycles. The fraction of sp³-hybridized carbons (Fsp3) is 0.360. The van der Waals surface area contributed by atoms with Crippen LogP contribution in [0.5, 0.6) is 0 Å². The fourth-order valence-corrected chi connectivity index (χ4v) is 4.82. The van der Waals surface area contributed by atoms with Gasteiger partial charge in [-0.15, -0.1) is 0 Å². The third-order valence-electron chi connectivity index (χ3n) is 5.98.